The van der Waals surface area contributed by atoms with E-state index in [0.717, 1.165) is 5.56 Å². The van der Waals surface area contributed by atoms with Crippen molar-refractivity contribution in [1.29, 1.82) is 0 Å². The molecule has 92 valence electrons. The predicted molar refractivity (Wildman–Crippen MR) is 61.4 cm³/mol. The van der Waals surface area contributed by atoms with E-state index >= 15 is 0 Å². The molecule has 2 unspecified atom stereocenters. The number of aliphatic hydroxyl groups is 1. The molecule has 4 heteroatoms. The van der Waals surface area contributed by atoms with Crippen LogP contribution in [-0.2, 0) is 21.7 Å². The maximum Gasteiger partial charge on any atom is 0.309 e. The van der Waals surface area contributed by atoms with Gasteiger partial charge in [-0.05, 0) is 17.5 Å². The van der Waals surface area contributed by atoms with Gasteiger partial charge in [0.25, 0.3) is 0 Å². The zero-order valence-corrected chi connectivity index (χ0v) is 9.72. The van der Waals surface area contributed by atoms with Crippen LogP contribution in [0.2, 0.25) is 0 Å². The van der Waals surface area contributed by atoms with Crippen LogP contribution in [0.5, 0.6) is 0 Å². The van der Waals surface area contributed by atoms with E-state index in [1.807, 2.05) is 18.2 Å². The van der Waals surface area contributed by atoms with E-state index in [2.05, 4.69) is 0 Å². The van der Waals surface area contributed by atoms with Gasteiger partial charge in [-0.3, -0.25) is 4.79 Å². The fourth-order valence-electron chi connectivity index (χ4n) is 2.47. The number of hydrogen-bond acceptors (Lipinski definition) is 3. The molecule has 0 bridgehead atoms. The Bertz CT molecular complexity index is 429. The molecule has 0 fully saturated rings. The zero-order chi connectivity index (χ0) is 12.5. The molecule has 0 spiro atoms. The van der Waals surface area contributed by atoms with Crippen LogP contribution in [-0.4, -0.2) is 22.8 Å². The Morgan fingerprint density at radius 2 is 2.24 bits per heavy atom. The summed E-state index contributed by atoms with van der Waals surface area (Å²) in [6, 6.07) is 7.30. The highest BCUT2D eigenvalue weighted by Gasteiger charge is 2.45. The third-order valence-corrected chi connectivity index (χ3v) is 3.35. The van der Waals surface area contributed by atoms with Crippen LogP contribution >= 0.6 is 0 Å². The van der Waals surface area contributed by atoms with Crippen molar-refractivity contribution in [2.24, 2.45) is 5.92 Å². The van der Waals surface area contributed by atoms with E-state index in [4.69, 9.17) is 4.74 Å². The molecule has 1 aromatic rings. The van der Waals surface area contributed by atoms with Crippen molar-refractivity contribution in [2.45, 2.75) is 25.6 Å². The van der Waals surface area contributed by atoms with E-state index in [-0.39, 0.29) is 6.61 Å². The maximum absolute atomic E-state index is 11.2. The van der Waals surface area contributed by atoms with Gasteiger partial charge in [-0.1, -0.05) is 31.2 Å². The third-order valence-electron chi connectivity index (χ3n) is 3.35. The van der Waals surface area contributed by atoms with Gasteiger partial charge in [-0.25, -0.2) is 0 Å². The van der Waals surface area contributed by atoms with Gasteiger partial charge in [0.05, 0.1) is 19.1 Å². The van der Waals surface area contributed by atoms with Crippen molar-refractivity contribution in [1.82, 2.24) is 0 Å². The molecule has 1 aromatic carbocycles. The molecule has 0 amide bonds. The normalized spacial score (nSPS) is 25.1. The van der Waals surface area contributed by atoms with Gasteiger partial charge in [-0.2, -0.15) is 0 Å². The summed E-state index contributed by atoms with van der Waals surface area (Å²) in [7, 11) is 0. The van der Waals surface area contributed by atoms with Gasteiger partial charge < -0.3 is 14.9 Å². The average molecular weight is 236 g/mol. The maximum atomic E-state index is 11.2. The Labute approximate surface area is 99.8 Å². The summed E-state index contributed by atoms with van der Waals surface area (Å²) in [6.07, 6.45) is 0.365. The molecule has 2 rings (SSSR count). The predicted octanol–water partition coefficient (Wildman–Crippen LogP) is 1.52. The van der Waals surface area contributed by atoms with Crippen molar-refractivity contribution in [3.8, 4) is 0 Å². The molecule has 1 aliphatic heterocycles. The van der Waals surface area contributed by atoms with Crippen LogP contribution in [0, 0.1) is 5.92 Å². The lowest BCUT2D eigenvalue weighted by atomic mass is 9.77. The summed E-state index contributed by atoms with van der Waals surface area (Å²) >= 11 is 0. The number of carbonyl (C=O) groups is 1. The first-order chi connectivity index (χ1) is 8.09. The Morgan fingerprint density at radius 1 is 1.53 bits per heavy atom. The molecule has 0 saturated carbocycles. The number of aliphatic carboxylic acids is 1. The van der Waals surface area contributed by atoms with E-state index in [1.165, 1.54) is 0 Å². The SMILES string of the molecule is CCC(C(=O)O)C1(O)COCc2ccccc21. The Kier molecular flexibility index (Phi) is 3.17. The second-order valence-corrected chi connectivity index (χ2v) is 4.37. The van der Waals surface area contributed by atoms with Crippen molar-refractivity contribution in [3.05, 3.63) is 35.4 Å². The van der Waals surface area contributed by atoms with E-state index in [0.29, 0.717) is 18.6 Å². The van der Waals surface area contributed by atoms with Gasteiger partial charge in [0.15, 0.2) is 0 Å². The largest absolute Gasteiger partial charge is 0.481 e. The van der Waals surface area contributed by atoms with Crippen LogP contribution in [0.3, 0.4) is 0 Å². The number of ether oxygens (including phenoxy) is 1. The number of benzene rings is 1. The van der Waals surface area contributed by atoms with Crippen LogP contribution in [0.15, 0.2) is 24.3 Å². The van der Waals surface area contributed by atoms with Crippen LogP contribution in [0.4, 0.5) is 0 Å². The van der Waals surface area contributed by atoms with Crippen LogP contribution in [0.25, 0.3) is 0 Å². The standard InChI is InChI=1S/C13H16O4/c1-2-10(12(14)15)13(16)8-17-7-9-5-3-4-6-11(9)13/h3-6,10,16H,2,7-8H2,1H3,(H,14,15). The molecule has 0 aliphatic carbocycles. The van der Waals surface area contributed by atoms with Gasteiger partial charge in [-0.15, -0.1) is 0 Å². The number of hydrogen-bond donors (Lipinski definition) is 2. The first kappa shape index (κ1) is 12.1. The topological polar surface area (TPSA) is 66.8 Å². The molecule has 4 nitrogen and oxygen atoms in total. The lowest BCUT2D eigenvalue weighted by Gasteiger charge is -2.38. The highest BCUT2D eigenvalue weighted by atomic mass is 16.5. The molecule has 1 aliphatic rings. The zero-order valence-electron chi connectivity index (χ0n) is 9.72. The van der Waals surface area contributed by atoms with Gasteiger partial charge in [0.1, 0.15) is 5.60 Å². The first-order valence-electron chi connectivity index (χ1n) is 5.71. The molecule has 2 atom stereocenters. The molecular formula is C13H16O4. The molecule has 2 N–H and O–H groups in total. The quantitative estimate of drug-likeness (QED) is 0.835. The van der Waals surface area contributed by atoms with Crippen LogP contribution < -0.4 is 0 Å². The van der Waals surface area contributed by atoms with Gasteiger partial charge in [0, 0.05) is 0 Å². The summed E-state index contributed by atoms with van der Waals surface area (Å²) in [6.45, 7) is 2.22. The Morgan fingerprint density at radius 3 is 2.88 bits per heavy atom. The van der Waals surface area contributed by atoms with Crippen molar-refractivity contribution >= 4 is 5.97 Å². The number of rotatable bonds is 3. The number of carboxylic acid groups (broad SMARTS) is 1. The molecule has 0 aromatic heterocycles. The summed E-state index contributed by atoms with van der Waals surface area (Å²) in [5.74, 6) is -1.83. The van der Waals surface area contributed by atoms with Crippen molar-refractivity contribution in [3.63, 3.8) is 0 Å². The molecule has 1 heterocycles. The summed E-state index contributed by atoms with van der Waals surface area (Å²) in [5.41, 5.74) is 0.122. The highest BCUT2D eigenvalue weighted by molar-refractivity contribution is 5.72. The smallest absolute Gasteiger partial charge is 0.309 e. The third kappa shape index (κ3) is 1.94. The molecule has 0 radical (unpaired) electrons. The molecule has 17 heavy (non-hydrogen) atoms. The van der Waals surface area contributed by atoms with Gasteiger partial charge in [0.2, 0.25) is 0 Å². The Balaban J connectivity index is 2.48. The van der Waals surface area contributed by atoms with Gasteiger partial charge >= 0.3 is 5.97 Å². The molecule has 0 saturated heterocycles. The monoisotopic (exact) mass is 236 g/mol. The minimum atomic E-state index is -1.42. The minimum Gasteiger partial charge on any atom is -0.481 e. The number of carboxylic acids is 1. The molecular weight excluding hydrogens is 220 g/mol. The van der Waals surface area contributed by atoms with Crippen LogP contribution in [0.1, 0.15) is 24.5 Å². The Hall–Kier alpha value is -1.39. The van der Waals surface area contributed by atoms with E-state index in [9.17, 15) is 15.0 Å². The second-order valence-electron chi connectivity index (χ2n) is 4.37. The second kappa shape index (κ2) is 4.47. The summed E-state index contributed by atoms with van der Waals surface area (Å²) in [5, 5.41) is 19.8. The average Bonchev–Trinajstić information content (AvgIpc) is 2.30. The van der Waals surface area contributed by atoms with Crippen molar-refractivity contribution < 1.29 is 19.7 Å². The lowest BCUT2D eigenvalue weighted by Crippen LogP contribution is -2.46. The summed E-state index contributed by atoms with van der Waals surface area (Å²) in [4.78, 5) is 11.2. The first-order valence-corrected chi connectivity index (χ1v) is 5.71. The van der Waals surface area contributed by atoms with E-state index < -0.39 is 17.5 Å². The lowest BCUT2D eigenvalue weighted by molar-refractivity contribution is -0.163. The van der Waals surface area contributed by atoms with E-state index in [1.54, 1.807) is 13.0 Å². The fraction of sp³-hybridized carbons (Fsp3) is 0.462. The highest BCUT2D eigenvalue weighted by Crippen LogP contribution is 2.38. The fourth-order valence-corrected chi connectivity index (χ4v) is 2.47. The summed E-state index contributed by atoms with van der Waals surface area (Å²) < 4.78 is 5.33. The minimum absolute atomic E-state index is 0.0365. The van der Waals surface area contributed by atoms with Crippen molar-refractivity contribution in [2.75, 3.05) is 6.61 Å². The number of fused-ring (bicyclic) bond motifs is 1.